The number of imidazole rings is 1. The summed E-state index contributed by atoms with van der Waals surface area (Å²) in [4.78, 5) is 25.0. The van der Waals surface area contributed by atoms with Gasteiger partial charge in [-0.15, -0.1) is 0 Å². The molecule has 0 atom stereocenters. The van der Waals surface area contributed by atoms with Gasteiger partial charge < -0.3 is 9.72 Å². The van der Waals surface area contributed by atoms with Crippen molar-refractivity contribution in [3.63, 3.8) is 0 Å². The van der Waals surface area contributed by atoms with Crippen LogP contribution in [0.15, 0.2) is 6.33 Å². The molecule has 7 nitrogen and oxygen atoms in total. The molecule has 2 heterocycles. The smallest absolute Gasteiger partial charge is 0.413 e. The zero-order chi connectivity index (χ0) is 13.3. The maximum Gasteiger partial charge on any atom is 0.413 e. The molecular formula is C10H12FN5O2. The summed E-state index contributed by atoms with van der Waals surface area (Å²) in [6, 6.07) is 0. The van der Waals surface area contributed by atoms with Crippen LogP contribution < -0.4 is 5.32 Å². The maximum atomic E-state index is 13.1. The van der Waals surface area contributed by atoms with Crippen molar-refractivity contribution >= 4 is 23.1 Å². The van der Waals surface area contributed by atoms with E-state index in [9.17, 15) is 9.18 Å². The van der Waals surface area contributed by atoms with Crippen LogP contribution in [-0.4, -0.2) is 31.6 Å². The summed E-state index contributed by atoms with van der Waals surface area (Å²) in [5.74, 6) is -0.00995. The van der Waals surface area contributed by atoms with E-state index in [1.165, 1.54) is 6.33 Å². The highest BCUT2D eigenvalue weighted by atomic mass is 19.1. The molecule has 0 saturated heterocycles. The lowest BCUT2D eigenvalue weighted by Gasteiger charge is -2.19. The molecule has 0 saturated carbocycles. The second-order valence-electron chi connectivity index (χ2n) is 4.57. The molecule has 8 heteroatoms. The van der Waals surface area contributed by atoms with Gasteiger partial charge in [-0.1, -0.05) is 0 Å². The SMILES string of the molecule is CC(C)(C)OC(=O)Nc1nc(F)nc2nc[nH]c12. The van der Waals surface area contributed by atoms with Gasteiger partial charge in [0.2, 0.25) is 0 Å². The zero-order valence-electron chi connectivity index (χ0n) is 10.1. The van der Waals surface area contributed by atoms with E-state index < -0.39 is 17.8 Å². The molecular weight excluding hydrogens is 241 g/mol. The molecule has 0 aliphatic heterocycles. The topological polar surface area (TPSA) is 92.8 Å². The highest BCUT2D eigenvalue weighted by molar-refractivity contribution is 5.93. The van der Waals surface area contributed by atoms with E-state index in [1.54, 1.807) is 20.8 Å². The minimum atomic E-state index is -0.972. The number of carbonyl (C=O) groups excluding carboxylic acids is 1. The molecule has 2 N–H and O–H groups in total. The fourth-order valence-electron chi connectivity index (χ4n) is 1.30. The number of halogens is 1. The number of hydrogen-bond donors (Lipinski definition) is 2. The Morgan fingerprint density at radius 2 is 2.17 bits per heavy atom. The number of aromatic amines is 1. The lowest BCUT2D eigenvalue weighted by atomic mass is 10.2. The summed E-state index contributed by atoms with van der Waals surface area (Å²) in [6.07, 6.45) is -0.365. The van der Waals surface area contributed by atoms with Gasteiger partial charge in [0.15, 0.2) is 11.5 Å². The maximum absolute atomic E-state index is 13.1. The van der Waals surface area contributed by atoms with Crippen LogP contribution in [-0.2, 0) is 4.74 Å². The van der Waals surface area contributed by atoms with Gasteiger partial charge in [0.1, 0.15) is 11.1 Å². The standard InChI is InChI=1S/C10H12FN5O2/c1-10(2,3)18-9(17)16-7-5-6(13-4-12-5)14-8(11)15-7/h4H,1-3H3,(H2,12,13,14,15,16,17). The lowest BCUT2D eigenvalue weighted by molar-refractivity contribution is 0.0635. The van der Waals surface area contributed by atoms with E-state index in [4.69, 9.17) is 4.74 Å². The summed E-state index contributed by atoms with van der Waals surface area (Å²) < 4.78 is 18.1. The van der Waals surface area contributed by atoms with E-state index in [1.807, 2.05) is 0 Å². The number of nitrogens with one attached hydrogen (secondary N) is 2. The fraction of sp³-hybridized carbons (Fsp3) is 0.400. The minimum Gasteiger partial charge on any atom is -0.444 e. The molecule has 0 unspecified atom stereocenters. The molecule has 2 aromatic rings. The van der Waals surface area contributed by atoms with Crippen LogP contribution in [0, 0.1) is 6.08 Å². The Labute approximate surface area is 102 Å². The third kappa shape index (κ3) is 2.70. The van der Waals surface area contributed by atoms with Crippen molar-refractivity contribution in [1.29, 1.82) is 0 Å². The average molecular weight is 253 g/mol. The molecule has 1 amide bonds. The highest BCUT2D eigenvalue weighted by Crippen LogP contribution is 2.17. The van der Waals surface area contributed by atoms with Crippen LogP contribution in [0.4, 0.5) is 15.0 Å². The number of hydrogen-bond acceptors (Lipinski definition) is 5. The van der Waals surface area contributed by atoms with Gasteiger partial charge in [0, 0.05) is 0 Å². The largest absolute Gasteiger partial charge is 0.444 e. The number of carbonyl (C=O) groups is 1. The molecule has 0 spiro atoms. The molecule has 96 valence electrons. The summed E-state index contributed by atoms with van der Waals surface area (Å²) in [6.45, 7) is 5.16. The van der Waals surface area contributed by atoms with Crippen LogP contribution in [0.3, 0.4) is 0 Å². The predicted octanol–water partition coefficient (Wildman–Crippen LogP) is 1.84. The summed E-state index contributed by atoms with van der Waals surface area (Å²) in [7, 11) is 0. The van der Waals surface area contributed by atoms with E-state index in [0.717, 1.165) is 0 Å². The number of amides is 1. The average Bonchev–Trinajstić information content (AvgIpc) is 2.61. The highest BCUT2D eigenvalue weighted by Gasteiger charge is 2.18. The first-order chi connectivity index (χ1) is 8.35. The molecule has 0 fully saturated rings. The van der Waals surface area contributed by atoms with Crippen LogP contribution >= 0.6 is 0 Å². The molecule has 0 aliphatic rings. The van der Waals surface area contributed by atoms with Crippen LogP contribution in [0.25, 0.3) is 11.2 Å². The second kappa shape index (κ2) is 4.21. The second-order valence-corrected chi connectivity index (χ2v) is 4.57. The normalized spacial score (nSPS) is 11.6. The van der Waals surface area contributed by atoms with Crippen molar-refractivity contribution < 1.29 is 13.9 Å². The number of rotatable bonds is 1. The van der Waals surface area contributed by atoms with Crippen molar-refractivity contribution in [3.8, 4) is 0 Å². The first-order valence-electron chi connectivity index (χ1n) is 5.22. The Morgan fingerprint density at radius 1 is 1.44 bits per heavy atom. The molecule has 18 heavy (non-hydrogen) atoms. The zero-order valence-corrected chi connectivity index (χ0v) is 10.1. The number of nitrogens with zero attached hydrogens (tertiary/aromatic N) is 3. The first-order valence-corrected chi connectivity index (χ1v) is 5.22. The first kappa shape index (κ1) is 12.2. The third-order valence-corrected chi connectivity index (χ3v) is 1.88. The van der Waals surface area contributed by atoms with Crippen LogP contribution in [0.2, 0.25) is 0 Å². The van der Waals surface area contributed by atoms with Gasteiger partial charge in [-0.3, -0.25) is 5.32 Å². The van der Waals surface area contributed by atoms with Crippen molar-refractivity contribution in [3.05, 3.63) is 12.4 Å². The van der Waals surface area contributed by atoms with Gasteiger partial charge in [0.05, 0.1) is 6.33 Å². The number of fused-ring (bicyclic) bond motifs is 1. The van der Waals surface area contributed by atoms with Gasteiger partial charge in [-0.25, -0.2) is 9.78 Å². The Bertz CT molecular complexity index is 589. The Kier molecular flexibility index (Phi) is 2.85. The van der Waals surface area contributed by atoms with Gasteiger partial charge >= 0.3 is 12.2 Å². The third-order valence-electron chi connectivity index (χ3n) is 1.88. The summed E-state index contributed by atoms with van der Waals surface area (Å²) >= 11 is 0. The molecule has 2 aromatic heterocycles. The Balaban J connectivity index is 2.26. The summed E-state index contributed by atoms with van der Waals surface area (Å²) in [5, 5.41) is 2.34. The minimum absolute atomic E-state index is 0.00995. The number of anilines is 1. The van der Waals surface area contributed by atoms with Crippen molar-refractivity contribution in [2.75, 3.05) is 5.32 Å². The number of H-pyrrole nitrogens is 1. The van der Waals surface area contributed by atoms with Gasteiger partial charge in [-0.2, -0.15) is 14.4 Å². The molecule has 0 aliphatic carbocycles. The lowest BCUT2D eigenvalue weighted by Crippen LogP contribution is -2.27. The van der Waals surface area contributed by atoms with Gasteiger partial charge in [0.25, 0.3) is 0 Å². The van der Waals surface area contributed by atoms with Crippen molar-refractivity contribution in [2.24, 2.45) is 0 Å². The van der Waals surface area contributed by atoms with Crippen LogP contribution in [0.5, 0.6) is 0 Å². The number of aromatic nitrogens is 4. The molecule has 0 radical (unpaired) electrons. The van der Waals surface area contributed by atoms with E-state index >= 15 is 0 Å². The van der Waals surface area contributed by atoms with E-state index in [0.29, 0.717) is 5.52 Å². The Hall–Kier alpha value is -2.25. The van der Waals surface area contributed by atoms with Crippen LogP contribution in [0.1, 0.15) is 20.8 Å². The molecule has 0 bridgehead atoms. The predicted molar refractivity (Wildman–Crippen MR) is 61.5 cm³/mol. The molecule has 2 rings (SSSR count). The fourth-order valence-corrected chi connectivity index (χ4v) is 1.30. The van der Waals surface area contributed by atoms with Gasteiger partial charge in [-0.05, 0) is 20.8 Å². The molecule has 0 aromatic carbocycles. The number of ether oxygens (including phenoxy) is 1. The summed E-state index contributed by atoms with van der Waals surface area (Å²) in [5.41, 5.74) is -0.182. The van der Waals surface area contributed by atoms with E-state index in [-0.39, 0.29) is 11.5 Å². The Morgan fingerprint density at radius 3 is 2.83 bits per heavy atom. The van der Waals surface area contributed by atoms with E-state index in [2.05, 4.69) is 25.3 Å². The van der Waals surface area contributed by atoms with Crippen molar-refractivity contribution in [1.82, 2.24) is 19.9 Å². The quantitative estimate of drug-likeness (QED) is 0.756. The van der Waals surface area contributed by atoms with Crippen molar-refractivity contribution in [2.45, 2.75) is 26.4 Å². The monoisotopic (exact) mass is 253 g/mol.